The predicted octanol–water partition coefficient (Wildman–Crippen LogP) is 2.66. The van der Waals surface area contributed by atoms with Crippen LogP contribution in [-0.2, 0) is 0 Å². The van der Waals surface area contributed by atoms with Gasteiger partial charge in [0.1, 0.15) is 0 Å². The molecule has 84 valence electrons. The van der Waals surface area contributed by atoms with Crippen LogP contribution in [-0.4, -0.2) is 25.1 Å². The molecule has 0 saturated heterocycles. The van der Waals surface area contributed by atoms with Crippen LogP contribution >= 0.6 is 0 Å². The number of nitrogens with zero attached hydrogens (tertiary/aromatic N) is 1. The van der Waals surface area contributed by atoms with Crippen LogP contribution < -0.4 is 5.43 Å². The molecule has 0 atom stereocenters. The summed E-state index contributed by atoms with van der Waals surface area (Å²) in [6, 6.07) is 0.642. The van der Waals surface area contributed by atoms with Gasteiger partial charge < -0.3 is 0 Å². The van der Waals surface area contributed by atoms with Gasteiger partial charge in [0, 0.05) is 20.1 Å². The van der Waals surface area contributed by atoms with Gasteiger partial charge in [-0.25, -0.2) is 0 Å². The van der Waals surface area contributed by atoms with Crippen LogP contribution in [0.3, 0.4) is 0 Å². The molecule has 1 N–H and O–H groups in total. The normalized spacial score (nSPS) is 26.8. The molecule has 0 aromatic heterocycles. The SMILES string of the molecule is CN(C)NC1CC(C)(C)CC(C)(C)C1. The molecular formula is C12H26N2. The van der Waals surface area contributed by atoms with E-state index in [1.54, 1.807) is 0 Å². The van der Waals surface area contributed by atoms with Crippen LogP contribution in [0.5, 0.6) is 0 Å². The molecule has 0 unspecified atom stereocenters. The lowest BCUT2D eigenvalue weighted by Crippen LogP contribution is -2.48. The lowest BCUT2D eigenvalue weighted by Gasteiger charge is -2.45. The quantitative estimate of drug-likeness (QED) is 0.686. The van der Waals surface area contributed by atoms with Gasteiger partial charge >= 0.3 is 0 Å². The molecule has 1 fully saturated rings. The maximum Gasteiger partial charge on any atom is 0.0225 e. The van der Waals surface area contributed by atoms with Gasteiger partial charge in [-0.15, -0.1) is 0 Å². The predicted molar refractivity (Wildman–Crippen MR) is 62.0 cm³/mol. The lowest BCUT2D eigenvalue weighted by atomic mass is 9.64. The molecule has 0 aliphatic heterocycles. The van der Waals surface area contributed by atoms with Gasteiger partial charge in [-0.2, -0.15) is 0 Å². The molecule has 14 heavy (non-hydrogen) atoms. The molecule has 0 bridgehead atoms. The van der Waals surface area contributed by atoms with E-state index >= 15 is 0 Å². The lowest BCUT2D eigenvalue weighted by molar-refractivity contribution is 0.0570. The smallest absolute Gasteiger partial charge is 0.0225 e. The van der Waals surface area contributed by atoms with E-state index in [1.807, 2.05) is 0 Å². The third kappa shape index (κ3) is 3.58. The van der Waals surface area contributed by atoms with Crippen molar-refractivity contribution in [3.8, 4) is 0 Å². The van der Waals surface area contributed by atoms with Gasteiger partial charge in [-0.05, 0) is 30.1 Å². The molecular weight excluding hydrogens is 172 g/mol. The molecule has 1 rings (SSSR count). The highest BCUT2D eigenvalue weighted by Gasteiger charge is 2.38. The summed E-state index contributed by atoms with van der Waals surface area (Å²) in [5.41, 5.74) is 4.49. The summed E-state index contributed by atoms with van der Waals surface area (Å²) in [5.74, 6) is 0. The first-order valence-corrected chi connectivity index (χ1v) is 5.64. The Labute approximate surface area is 89.0 Å². The maximum atomic E-state index is 3.53. The third-order valence-electron chi connectivity index (χ3n) is 3.00. The standard InChI is InChI=1S/C12H26N2/c1-11(2)7-10(13-14(5)6)8-12(3,4)9-11/h10,13H,7-9H2,1-6H3. The molecule has 0 heterocycles. The van der Waals surface area contributed by atoms with Crippen molar-refractivity contribution in [1.29, 1.82) is 0 Å². The summed E-state index contributed by atoms with van der Waals surface area (Å²) >= 11 is 0. The Bertz CT molecular complexity index is 178. The van der Waals surface area contributed by atoms with E-state index in [1.165, 1.54) is 19.3 Å². The Morgan fingerprint density at radius 2 is 1.43 bits per heavy atom. The summed E-state index contributed by atoms with van der Waals surface area (Å²) in [7, 11) is 4.16. The number of hydrogen-bond donors (Lipinski definition) is 1. The van der Waals surface area contributed by atoms with Crippen LogP contribution in [0, 0.1) is 10.8 Å². The van der Waals surface area contributed by atoms with Crippen LogP contribution in [0.1, 0.15) is 47.0 Å². The molecule has 2 heteroatoms. The topological polar surface area (TPSA) is 15.3 Å². The van der Waals surface area contributed by atoms with E-state index in [2.05, 4.69) is 52.2 Å². The average Bonchev–Trinajstić information content (AvgIpc) is 1.74. The Morgan fingerprint density at radius 3 is 1.79 bits per heavy atom. The molecule has 2 nitrogen and oxygen atoms in total. The first kappa shape index (κ1) is 12.0. The van der Waals surface area contributed by atoms with E-state index < -0.39 is 0 Å². The second kappa shape index (κ2) is 3.82. The Hall–Kier alpha value is -0.0800. The minimum Gasteiger partial charge on any atom is -0.253 e. The van der Waals surface area contributed by atoms with E-state index in [4.69, 9.17) is 0 Å². The zero-order valence-corrected chi connectivity index (χ0v) is 10.6. The van der Waals surface area contributed by atoms with Crippen molar-refractivity contribution in [3.63, 3.8) is 0 Å². The molecule has 0 radical (unpaired) electrons. The monoisotopic (exact) mass is 198 g/mol. The fourth-order valence-corrected chi connectivity index (χ4v) is 3.30. The maximum absolute atomic E-state index is 3.53. The molecule has 0 amide bonds. The highest BCUT2D eigenvalue weighted by atomic mass is 15.5. The van der Waals surface area contributed by atoms with Gasteiger partial charge in [0.2, 0.25) is 0 Å². The van der Waals surface area contributed by atoms with Crippen LogP contribution in [0.25, 0.3) is 0 Å². The van der Waals surface area contributed by atoms with Crippen LogP contribution in [0.2, 0.25) is 0 Å². The van der Waals surface area contributed by atoms with Gasteiger partial charge in [0.25, 0.3) is 0 Å². The van der Waals surface area contributed by atoms with E-state index in [-0.39, 0.29) is 0 Å². The van der Waals surface area contributed by atoms with Crippen molar-refractivity contribution in [3.05, 3.63) is 0 Å². The summed E-state index contributed by atoms with van der Waals surface area (Å²) in [4.78, 5) is 0. The Morgan fingerprint density at radius 1 is 1.00 bits per heavy atom. The summed E-state index contributed by atoms with van der Waals surface area (Å²) < 4.78 is 0. The van der Waals surface area contributed by atoms with Gasteiger partial charge in [0.15, 0.2) is 0 Å². The summed E-state index contributed by atoms with van der Waals surface area (Å²) in [6.45, 7) is 9.55. The fourth-order valence-electron chi connectivity index (χ4n) is 3.30. The van der Waals surface area contributed by atoms with Gasteiger partial charge in [-0.1, -0.05) is 27.7 Å². The van der Waals surface area contributed by atoms with Crippen molar-refractivity contribution in [2.24, 2.45) is 10.8 Å². The zero-order chi connectivity index (χ0) is 11.0. The van der Waals surface area contributed by atoms with Gasteiger partial charge in [-0.3, -0.25) is 10.4 Å². The molecule has 1 aliphatic carbocycles. The largest absolute Gasteiger partial charge is 0.253 e. The Kier molecular flexibility index (Phi) is 3.27. The first-order chi connectivity index (χ1) is 6.20. The number of hydrogen-bond acceptors (Lipinski definition) is 2. The van der Waals surface area contributed by atoms with Crippen molar-refractivity contribution in [2.75, 3.05) is 14.1 Å². The van der Waals surface area contributed by atoms with E-state index in [0.717, 1.165) is 0 Å². The van der Waals surface area contributed by atoms with Crippen molar-refractivity contribution >= 4 is 0 Å². The number of rotatable bonds is 2. The number of nitrogens with one attached hydrogen (secondary N) is 1. The van der Waals surface area contributed by atoms with E-state index in [0.29, 0.717) is 16.9 Å². The highest BCUT2D eigenvalue weighted by Crippen LogP contribution is 2.45. The minimum atomic E-state index is 0.482. The van der Waals surface area contributed by atoms with Crippen molar-refractivity contribution < 1.29 is 0 Å². The average molecular weight is 198 g/mol. The second-order valence-corrected chi connectivity index (χ2v) is 6.63. The highest BCUT2D eigenvalue weighted by molar-refractivity contribution is 4.91. The molecule has 1 aliphatic rings. The second-order valence-electron chi connectivity index (χ2n) is 6.63. The van der Waals surface area contributed by atoms with Crippen LogP contribution in [0.4, 0.5) is 0 Å². The molecule has 0 aromatic carbocycles. The fraction of sp³-hybridized carbons (Fsp3) is 1.00. The summed E-state index contributed by atoms with van der Waals surface area (Å²) in [5, 5.41) is 2.09. The zero-order valence-electron chi connectivity index (χ0n) is 10.6. The van der Waals surface area contributed by atoms with E-state index in [9.17, 15) is 0 Å². The minimum absolute atomic E-state index is 0.482. The van der Waals surface area contributed by atoms with Crippen LogP contribution in [0.15, 0.2) is 0 Å². The molecule has 1 saturated carbocycles. The summed E-state index contributed by atoms with van der Waals surface area (Å²) in [6.07, 6.45) is 3.91. The number of hydrazine groups is 1. The van der Waals surface area contributed by atoms with Gasteiger partial charge in [0.05, 0.1) is 0 Å². The van der Waals surface area contributed by atoms with Crippen molar-refractivity contribution in [2.45, 2.75) is 53.0 Å². The van der Waals surface area contributed by atoms with Crippen molar-refractivity contribution in [1.82, 2.24) is 10.4 Å². The Balaban J connectivity index is 2.62. The third-order valence-corrected chi connectivity index (χ3v) is 3.00. The first-order valence-electron chi connectivity index (χ1n) is 5.64. The molecule has 0 spiro atoms. The molecule has 0 aromatic rings.